The number of aliphatic hydroxyl groups excluding tert-OH is 2. The number of benzene rings is 1. The number of carbonyl (C=O) groups excluding carboxylic acids is 3. The number of halogens is 1. The summed E-state index contributed by atoms with van der Waals surface area (Å²) in [6, 6.07) is -0.969. The molecule has 4 N–H and O–H groups in total. The van der Waals surface area contributed by atoms with Crippen LogP contribution in [0.5, 0.6) is 5.75 Å². The van der Waals surface area contributed by atoms with Crippen LogP contribution in [-0.2, 0) is 33.9 Å². The van der Waals surface area contributed by atoms with E-state index < -0.39 is 63.7 Å². The van der Waals surface area contributed by atoms with Crippen LogP contribution < -0.4 is 0 Å². The monoisotopic (exact) mass is 528 g/mol. The predicted molar refractivity (Wildman–Crippen MR) is 135 cm³/mol. The highest BCUT2D eigenvalue weighted by Crippen LogP contribution is 2.54. The zero-order valence-electron chi connectivity index (χ0n) is 22.1. The number of carbonyl (C=O) groups is 3. The Bertz CT molecular complexity index is 1360. The molecular weight excluding hydrogens is 495 g/mol. The second-order valence-corrected chi connectivity index (χ2v) is 11.3. The first kappa shape index (κ1) is 26.5. The van der Waals surface area contributed by atoms with E-state index in [1.54, 1.807) is 14.1 Å². The lowest BCUT2D eigenvalue weighted by Gasteiger charge is -2.50. The van der Waals surface area contributed by atoms with Gasteiger partial charge in [0, 0.05) is 47.3 Å². The standard InChI is InChI=1S/C28H33FN2O7/c1-6-11(2)31-9-15-16(10-31)23(33)20-14(21(15)29)7-13-8-17-22(30(4)5)25(35)18(12(3)32)26(36)28(17,38)27(37)19(13)24(20)34/h11,13,17,22,33-34,36,38H,6-10H2,1-5H3/t11-,13+,17+,22+,28-/m1/s1. The first-order valence-corrected chi connectivity index (χ1v) is 12.9. The van der Waals surface area contributed by atoms with Gasteiger partial charge in [0.2, 0.25) is 5.78 Å². The van der Waals surface area contributed by atoms with E-state index in [-0.39, 0.29) is 47.9 Å². The average Bonchev–Trinajstić information content (AvgIpc) is 3.30. The van der Waals surface area contributed by atoms with Crippen LogP contribution in [0.2, 0.25) is 0 Å². The lowest BCUT2D eigenvalue weighted by atomic mass is 9.57. The number of aromatic hydroxyl groups is 1. The fraction of sp³-hybridized carbons (Fsp3) is 0.536. The average molecular weight is 529 g/mol. The highest BCUT2D eigenvalue weighted by atomic mass is 19.1. The number of nitrogens with zero attached hydrogens (tertiary/aromatic N) is 2. The number of rotatable bonds is 4. The van der Waals surface area contributed by atoms with Crippen molar-refractivity contribution in [2.24, 2.45) is 11.8 Å². The summed E-state index contributed by atoms with van der Waals surface area (Å²) in [5, 5.41) is 45.2. The van der Waals surface area contributed by atoms with Crippen molar-refractivity contribution in [1.82, 2.24) is 9.80 Å². The molecule has 4 aliphatic rings. The van der Waals surface area contributed by atoms with Crippen molar-refractivity contribution in [1.29, 1.82) is 0 Å². The summed E-state index contributed by atoms with van der Waals surface area (Å²) in [5.74, 6) is -7.00. The van der Waals surface area contributed by atoms with Gasteiger partial charge in [-0.3, -0.25) is 24.2 Å². The van der Waals surface area contributed by atoms with E-state index in [9.17, 15) is 34.8 Å². The van der Waals surface area contributed by atoms with Gasteiger partial charge >= 0.3 is 0 Å². The molecule has 5 rings (SSSR count). The Balaban J connectivity index is 1.70. The second kappa shape index (κ2) is 8.72. The van der Waals surface area contributed by atoms with Gasteiger partial charge in [-0.15, -0.1) is 0 Å². The van der Waals surface area contributed by atoms with Crippen molar-refractivity contribution < 1.29 is 39.2 Å². The Morgan fingerprint density at radius 3 is 2.37 bits per heavy atom. The molecule has 10 heteroatoms. The molecule has 0 radical (unpaired) electrons. The van der Waals surface area contributed by atoms with Crippen LogP contribution in [-0.4, -0.2) is 79.4 Å². The molecule has 0 amide bonds. The molecule has 1 heterocycles. The quantitative estimate of drug-likeness (QED) is 0.434. The maximum absolute atomic E-state index is 15.9. The number of ketones is 3. The van der Waals surface area contributed by atoms with Crippen LogP contribution in [0, 0.1) is 17.7 Å². The number of hydrogen-bond acceptors (Lipinski definition) is 9. The van der Waals surface area contributed by atoms with Gasteiger partial charge in [-0.25, -0.2) is 4.39 Å². The van der Waals surface area contributed by atoms with E-state index in [0.29, 0.717) is 17.7 Å². The maximum Gasteiger partial charge on any atom is 0.202 e. The van der Waals surface area contributed by atoms with Crippen molar-refractivity contribution >= 4 is 23.1 Å². The SMILES string of the molecule is CC[C@@H](C)N1Cc2c(O)c3c(c(F)c2C1)C[C@H]1C[C@H]2[C@H](N(C)C)C(=O)C(C(C)=O)=C(O)[C@@]2(O)C(=O)C1=C3O. The van der Waals surface area contributed by atoms with E-state index >= 15 is 4.39 Å². The van der Waals surface area contributed by atoms with Crippen LogP contribution in [0.25, 0.3) is 5.76 Å². The summed E-state index contributed by atoms with van der Waals surface area (Å²) < 4.78 is 15.9. The van der Waals surface area contributed by atoms with Crippen molar-refractivity contribution in [3.05, 3.63) is 45.0 Å². The number of Topliss-reactive ketones (excluding diaryl/α,β-unsaturated/α-hetero) is 3. The number of fused-ring (bicyclic) bond motifs is 4. The normalized spacial score (nSPS) is 29.8. The highest BCUT2D eigenvalue weighted by molar-refractivity contribution is 6.25. The van der Waals surface area contributed by atoms with E-state index in [1.165, 1.54) is 4.90 Å². The Hall–Kier alpha value is -3.08. The molecule has 1 saturated carbocycles. The van der Waals surface area contributed by atoms with Gasteiger partial charge in [0.1, 0.15) is 28.7 Å². The van der Waals surface area contributed by atoms with Gasteiger partial charge in [0.15, 0.2) is 17.2 Å². The third-order valence-corrected chi connectivity index (χ3v) is 9.07. The number of phenols is 1. The summed E-state index contributed by atoms with van der Waals surface area (Å²) >= 11 is 0. The lowest BCUT2D eigenvalue weighted by Crippen LogP contribution is -2.65. The van der Waals surface area contributed by atoms with Crippen LogP contribution in [0.3, 0.4) is 0 Å². The van der Waals surface area contributed by atoms with Crippen molar-refractivity contribution in [2.75, 3.05) is 14.1 Å². The largest absolute Gasteiger partial charge is 0.508 e. The topological polar surface area (TPSA) is 139 Å². The number of likely N-dealkylation sites (N-methyl/N-ethyl adjacent to an activating group) is 1. The Labute approximate surface area is 219 Å². The molecule has 0 aromatic heterocycles. The highest BCUT2D eigenvalue weighted by Gasteiger charge is 2.64. The molecule has 0 bridgehead atoms. The van der Waals surface area contributed by atoms with Crippen LogP contribution in [0.4, 0.5) is 4.39 Å². The minimum absolute atomic E-state index is 0.0402. The number of phenolic OH excluding ortho intramolecular Hbond substituents is 1. The van der Waals surface area contributed by atoms with Crippen LogP contribution in [0.15, 0.2) is 16.9 Å². The molecule has 9 nitrogen and oxygen atoms in total. The molecule has 0 spiro atoms. The van der Waals surface area contributed by atoms with Gasteiger partial charge < -0.3 is 20.4 Å². The summed E-state index contributed by atoms with van der Waals surface area (Å²) in [5.41, 5.74) is -2.91. The predicted octanol–water partition coefficient (Wildman–Crippen LogP) is 2.32. The van der Waals surface area contributed by atoms with E-state index in [1.807, 2.05) is 18.7 Å². The first-order valence-electron chi connectivity index (χ1n) is 12.9. The Kier molecular flexibility index (Phi) is 6.09. The minimum Gasteiger partial charge on any atom is -0.508 e. The van der Waals surface area contributed by atoms with Crippen molar-refractivity contribution in [3.8, 4) is 5.75 Å². The fourth-order valence-corrected chi connectivity index (χ4v) is 6.91. The zero-order chi connectivity index (χ0) is 28.0. The first-order chi connectivity index (χ1) is 17.8. The molecule has 3 aliphatic carbocycles. The number of hydrogen-bond donors (Lipinski definition) is 4. The zero-order valence-corrected chi connectivity index (χ0v) is 22.1. The summed E-state index contributed by atoms with van der Waals surface area (Å²) in [4.78, 5) is 42.9. The molecule has 0 saturated heterocycles. The molecule has 1 aliphatic heterocycles. The van der Waals surface area contributed by atoms with Gasteiger partial charge in [0.05, 0.1) is 11.6 Å². The van der Waals surface area contributed by atoms with Gasteiger partial charge in [0.25, 0.3) is 0 Å². The third kappa shape index (κ3) is 3.29. The van der Waals surface area contributed by atoms with E-state index in [2.05, 4.69) is 0 Å². The van der Waals surface area contributed by atoms with E-state index in [0.717, 1.165) is 13.3 Å². The van der Waals surface area contributed by atoms with Crippen LogP contribution in [0.1, 0.15) is 55.9 Å². The molecule has 5 atom stereocenters. The summed E-state index contributed by atoms with van der Waals surface area (Å²) in [6.45, 7) is 5.68. The van der Waals surface area contributed by atoms with E-state index in [4.69, 9.17) is 0 Å². The molecule has 1 fully saturated rings. The molecule has 38 heavy (non-hydrogen) atoms. The van der Waals surface area contributed by atoms with Gasteiger partial charge in [-0.05, 0) is 53.1 Å². The van der Waals surface area contributed by atoms with Gasteiger partial charge in [-0.2, -0.15) is 0 Å². The smallest absolute Gasteiger partial charge is 0.202 e. The van der Waals surface area contributed by atoms with Crippen molar-refractivity contribution in [2.45, 2.75) is 70.8 Å². The summed E-state index contributed by atoms with van der Waals surface area (Å²) in [7, 11) is 3.13. The Morgan fingerprint density at radius 2 is 1.79 bits per heavy atom. The van der Waals surface area contributed by atoms with Crippen molar-refractivity contribution in [3.63, 3.8) is 0 Å². The Morgan fingerprint density at radius 1 is 1.16 bits per heavy atom. The molecule has 1 aromatic carbocycles. The molecule has 1 aromatic rings. The molecule has 0 unspecified atom stereocenters. The van der Waals surface area contributed by atoms with Gasteiger partial charge in [-0.1, -0.05) is 6.92 Å². The summed E-state index contributed by atoms with van der Waals surface area (Å²) in [6.07, 6.45) is 0.746. The molecular formula is C28H33FN2O7. The molecule has 204 valence electrons. The lowest BCUT2D eigenvalue weighted by molar-refractivity contribution is -0.153. The second-order valence-electron chi connectivity index (χ2n) is 11.3. The maximum atomic E-state index is 15.9. The number of aliphatic hydroxyl groups is 3. The third-order valence-electron chi connectivity index (χ3n) is 9.07. The van der Waals surface area contributed by atoms with Crippen LogP contribution >= 0.6 is 0 Å². The minimum atomic E-state index is -2.64. The fourth-order valence-electron chi connectivity index (χ4n) is 6.91.